The molecule has 2 fully saturated rings. The van der Waals surface area contributed by atoms with Gasteiger partial charge in [0.1, 0.15) is 5.82 Å². The summed E-state index contributed by atoms with van der Waals surface area (Å²) in [5, 5.41) is 0. The average molecular weight is 456 g/mol. The van der Waals surface area contributed by atoms with Crippen LogP contribution in [0.4, 0.5) is 5.82 Å². The van der Waals surface area contributed by atoms with E-state index in [2.05, 4.69) is 18.8 Å². The molecule has 1 amide bonds. The van der Waals surface area contributed by atoms with Gasteiger partial charge in [-0.05, 0) is 67.5 Å². The Kier molecular flexibility index (Phi) is 6.96. The van der Waals surface area contributed by atoms with Crippen LogP contribution in [0.2, 0.25) is 0 Å². The Hall–Kier alpha value is -2.25. The number of hydrogen-bond donors (Lipinski definition) is 0. The summed E-state index contributed by atoms with van der Waals surface area (Å²) in [6.07, 6.45) is 8.07. The SMILES string of the molecule is C[C@H]1C[C@H](C)CN(S(=O)(=O)c2ccc(C(=O)N(c3ccccn3)C3CCCCC3)cc2)C1. The van der Waals surface area contributed by atoms with E-state index in [9.17, 15) is 13.2 Å². The van der Waals surface area contributed by atoms with Gasteiger partial charge in [-0.2, -0.15) is 4.31 Å². The summed E-state index contributed by atoms with van der Waals surface area (Å²) >= 11 is 0. The van der Waals surface area contributed by atoms with Crippen molar-refractivity contribution in [2.24, 2.45) is 11.8 Å². The summed E-state index contributed by atoms with van der Waals surface area (Å²) in [6.45, 7) is 5.28. The van der Waals surface area contributed by atoms with Gasteiger partial charge in [0.05, 0.1) is 4.90 Å². The maximum atomic E-state index is 13.5. The Morgan fingerprint density at radius 2 is 1.62 bits per heavy atom. The van der Waals surface area contributed by atoms with E-state index >= 15 is 0 Å². The Bertz CT molecular complexity index is 1010. The van der Waals surface area contributed by atoms with Gasteiger partial charge in [0, 0.05) is 30.9 Å². The second-order valence-electron chi connectivity index (χ2n) is 9.45. The molecule has 0 bridgehead atoms. The fourth-order valence-corrected chi connectivity index (χ4v) is 6.83. The third-order valence-electron chi connectivity index (χ3n) is 6.63. The molecule has 2 aliphatic rings. The van der Waals surface area contributed by atoms with Crippen LogP contribution in [0.3, 0.4) is 0 Å². The van der Waals surface area contributed by atoms with Crippen LogP contribution in [0.15, 0.2) is 53.6 Å². The fourth-order valence-electron chi connectivity index (χ4n) is 5.15. The van der Waals surface area contributed by atoms with E-state index in [1.165, 1.54) is 6.42 Å². The highest BCUT2D eigenvalue weighted by molar-refractivity contribution is 7.89. The van der Waals surface area contributed by atoms with Gasteiger partial charge in [0.25, 0.3) is 5.91 Å². The summed E-state index contributed by atoms with van der Waals surface area (Å²) in [7, 11) is -3.57. The van der Waals surface area contributed by atoms with E-state index in [-0.39, 0.29) is 16.8 Å². The summed E-state index contributed by atoms with van der Waals surface area (Å²) in [5.41, 5.74) is 0.487. The standard InChI is InChI=1S/C25H33N3O3S/c1-19-16-20(2)18-27(17-19)32(30,31)23-13-11-21(12-14-23)25(29)28(22-8-4-3-5-9-22)24-10-6-7-15-26-24/h6-7,10-15,19-20,22H,3-5,8-9,16-18H2,1-2H3/t19-,20-/m0/s1. The van der Waals surface area contributed by atoms with Gasteiger partial charge >= 0.3 is 0 Å². The molecule has 172 valence electrons. The van der Waals surface area contributed by atoms with Crippen molar-refractivity contribution < 1.29 is 13.2 Å². The van der Waals surface area contributed by atoms with Gasteiger partial charge in [-0.3, -0.25) is 9.69 Å². The van der Waals surface area contributed by atoms with E-state index < -0.39 is 10.0 Å². The Labute approximate surface area is 191 Å². The topological polar surface area (TPSA) is 70.6 Å². The maximum Gasteiger partial charge on any atom is 0.259 e. The molecule has 4 rings (SSSR count). The molecule has 2 aromatic rings. The van der Waals surface area contributed by atoms with Crippen LogP contribution in [0.5, 0.6) is 0 Å². The molecule has 1 saturated carbocycles. The van der Waals surface area contributed by atoms with E-state index in [1.807, 2.05) is 18.2 Å². The lowest BCUT2D eigenvalue weighted by atomic mass is 9.93. The third-order valence-corrected chi connectivity index (χ3v) is 8.48. The quantitative estimate of drug-likeness (QED) is 0.654. The minimum Gasteiger partial charge on any atom is -0.290 e. The Balaban J connectivity index is 1.58. The van der Waals surface area contributed by atoms with Crippen LogP contribution < -0.4 is 4.90 Å². The van der Waals surface area contributed by atoms with Crippen molar-refractivity contribution in [3.8, 4) is 0 Å². The van der Waals surface area contributed by atoms with Gasteiger partial charge in [0.2, 0.25) is 10.0 Å². The van der Waals surface area contributed by atoms with Crippen molar-refractivity contribution >= 4 is 21.7 Å². The van der Waals surface area contributed by atoms with Crippen molar-refractivity contribution in [1.82, 2.24) is 9.29 Å². The lowest BCUT2D eigenvalue weighted by Crippen LogP contribution is -2.43. The monoisotopic (exact) mass is 455 g/mol. The number of pyridine rings is 1. The second kappa shape index (κ2) is 9.71. The van der Waals surface area contributed by atoms with E-state index in [1.54, 1.807) is 39.7 Å². The van der Waals surface area contributed by atoms with Crippen LogP contribution in [0.25, 0.3) is 0 Å². The van der Waals surface area contributed by atoms with Crippen molar-refractivity contribution in [3.05, 3.63) is 54.2 Å². The number of rotatable bonds is 5. The molecule has 1 aliphatic heterocycles. The zero-order valence-corrected chi connectivity index (χ0v) is 19.8. The van der Waals surface area contributed by atoms with E-state index in [0.717, 1.165) is 32.1 Å². The highest BCUT2D eigenvalue weighted by Crippen LogP contribution is 2.29. The molecule has 0 N–H and O–H groups in total. The molecule has 0 spiro atoms. The van der Waals surface area contributed by atoms with Crippen LogP contribution in [0.1, 0.15) is 62.7 Å². The highest BCUT2D eigenvalue weighted by Gasteiger charge is 2.32. The molecule has 1 saturated heterocycles. The van der Waals surface area contributed by atoms with Crippen LogP contribution in [-0.4, -0.2) is 42.7 Å². The van der Waals surface area contributed by atoms with Crippen LogP contribution in [0, 0.1) is 11.8 Å². The second-order valence-corrected chi connectivity index (χ2v) is 11.4. The first-order valence-electron chi connectivity index (χ1n) is 11.7. The van der Waals surface area contributed by atoms with Crippen molar-refractivity contribution in [3.63, 3.8) is 0 Å². The minimum absolute atomic E-state index is 0.117. The van der Waals surface area contributed by atoms with Crippen molar-refractivity contribution in [2.75, 3.05) is 18.0 Å². The smallest absolute Gasteiger partial charge is 0.259 e. The fraction of sp³-hybridized carbons (Fsp3) is 0.520. The first kappa shape index (κ1) is 22.9. The van der Waals surface area contributed by atoms with Gasteiger partial charge in [-0.15, -0.1) is 0 Å². The largest absolute Gasteiger partial charge is 0.290 e. The highest BCUT2D eigenvalue weighted by atomic mass is 32.2. The van der Waals surface area contributed by atoms with E-state index in [4.69, 9.17) is 0 Å². The Morgan fingerprint density at radius 1 is 0.969 bits per heavy atom. The summed E-state index contributed by atoms with van der Waals surface area (Å²) in [6, 6.07) is 12.1. The predicted octanol–water partition coefficient (Wildman–Crippen LogP) is 4.73. The molecule has 2 atom stereocenters. The summed E-state index contributed by atoms with van der Waals surface area (Å²) in [5.74, 6) is 1.21. The minimum atomic E-state index is -3.57. The number of piperidine rings is 1. The van der Waals surface area contributed by atoms with Gasteiger partial charge in [0.15, 0.2) is 0 Å². The number of carbonyl (C=O) groups is 1. The number of benzene rings is 1. The zero-order valence-electron chi connectivity index (χ0n) is 19.0. The van der Waals surface area contributed by atoms with Crippen LogP contribution >= 0.6 is 0 Å². The molecule has 1 aromatic heterocycles. The van der Waals surface area contributed by atoms with Crippen molar-refractivity contribution in [1.29, 1.82) is 0 Å². The zero-order chi connectivity index (χ0) is 22.7. The van der Waals surface area contributed by atoms with Gasteiger partial charge < -0.3 is 0 Å². The normalized spacial score (nSPS) is 23.1. The number of sulfonamides is 1. The first-order valence-corrected chi connectivity index (χ1v) is 13.1. The summed E-state index contributed by atoms with van der Waals surface area (Å²) in [4.78, 5) is 20.0. The summed E-state index contributed by atoms with van der Waals surface area (Å²) < 4.78 is 28.0. The van der Waals surface area contributed by atoms with Gasteiger partial charge in [-0.25, -0.2) is 13.4 Å². The van der Waals surface area contributed by atoms with Crippen molar-refractivity contribution in [2.45, 2.75) is 63.3 Å². The lowest BCUT2D eigenvalue weighted by molar-refractivity contribution is 0.0969. The number of hydrogen-bond acceptors (Lipinski definition) is 4. The number of carbonyl (C=O) groups excluding carboxylic acids is 1. The first-order chi connectivity index (χ1) is 15.4. The average Bonchev–Trinajstić information content (AvgIpc) is 2.80. The molecule has 32 heavy (non-hydrogen) atoms. The maximum absolute atomic E-state index is 13.5. The molecule has 0 unspecified atom stereocenters. The molecule has 0 radical (unpaired) electrons. The van der Waals surface area contributed by atoms with E-state index in [0.29, 0.717) is 36.3 Å². The third kappa shape index (κ3) is 4.89. The lowest BCUT2D eigenvalue weighted by Gasteiger charge is -2.34. The number of nitrogens with zero attached hydrogens (tertiary/aromatic N) is 3. The molecule has 7 heteroatoms. The van der Waals surface area contributed by atoms with Crippen LogP contribution in [-0.2, 0) is 10.0 Å². The number of aromatic nitrogens is 1. The number of anilines is 1. The molecule has 6 nitrogen and oxygen atoms in total. The molecular formula is C25H33N3O3S. The molecule has 1 aromatic carbocycles. The molecule has 1 aliphatic carbocycles. The molecular weight excluding hydrogens is 422 g/mol. The molecule has 2 heterocycles. The Morgan fingerprint density at radius 3 is 2.22 bits per heavy atom. The predicted molar refractivity (Wildman–Crippen MR) is 126 cm³/mol. The van der Waals surface area contributed by atoms with Gasteiger partial charge in [-0.1, -0.05) is 39.2 Å². The number of amides is 1.